The second-order valence-electron chi connectivity index (χ2n) is 7.05. The minimum absolute atomic E-state index is 0.0417. The van der Waals surface area contributed by atoms with Gasteiger partial charge in [-0.05, 0) is 50.0 Å². The van der Waals surface area contributed by atoms with Crippen molar-refractivity contribution in [1.29, 1.82) is 0 Å². The average Bonchev–Trinajstić information content (AvgIpc) is 2.73. The van der Waals surface area contributed by atoms with Crippen LogP contribution in [-0.4, -0.2) is 55.8 Å². The lowest BCUT2D eigenvalue weighted by atomic mass is 9.95. The number of carbonyl (C=O) groups excluding carboxylic acids is 1. The van der Waals surface area contributed by atoms with E-state index >= 15 is 0 Å². The number of aromatic nitrogens is 1. The molecule has 3 aromatic rings. The molecular weight excluding hydrogens is 406 g/mol. The van der Waals surface area contributed by atoms with Crippen molar-refractivity contribution in [2.24, 2.45) is 0 Å². The second-order valence-corrected chi connectivity index (χ2v) is 7.46. The number of phenols is 1. The quantitative estimate of drug-likeness (QED) is 0.599. The van der Waals surface area contributed by atoms with E-state index in [9.17, 15) is 9.90 Å². The first-order valence-corrected chi connectivity index (χ1v) is 9.65. The van der Waals surface area contributed by atoms with E-state index in [2.05, 4.69) is 10.3 Å². The van der Waals surface area contributed by atoms with Crippen LogP contribution in [0.2, 0.25) is 5.02 Å². The van der Waals surface area contributed by atoms with Crippen LogP contribution in [0.4, 0.5) is 0 Å². The lowest BCUT2D eigenvalue weighted by Crippen LogP contribution is -2.36. The molecule has 30 heavy (non-hydrogen) atoms. The molecule has 0 bridgehead atoms. The highest BCUT2D eigenvalue weighted by Gasteiger charge is 2.24. The van der Waals surface area contributed by atoms with Gasteiger partial charge in [-0.25, -0.2) is 0 Å². The largest absolute Gasteiger partial charge is 0.505 e. The maximum Gasteiger partial charge on any atom is 0.234 e. The Kier molecular flexibility index (Phi) is 6.64. The molecular formula is C22H24ClN3O4. The molecule has 0 fully saturated rings. The predicted octanol–water partition coefficient (Wildman–Crippen LogP) is 3.38. The molecule has 0 radical (unpaired) electrons. The van der Waals surface area contributed by atoms with Gasteiger partial charge in [-0.3, -0.25) is 9.78 Å². The summed E-state index contributed by atoms with van der Waals surface area (Å²) in [6.45, 7) is 0.185. The number of nitrogens with one attached hydrogen (secondary N) is 1. The number of ether oxygens (including phenoxy) is 2. The standard InChI is InChI=1S/C22H24ClN3O4/c1-26(2)12-19(27)25-20(13-7-8-17(29-3)18(10-13)30-4)15-11-16(23)14-6-5-9-24-21(14)22(15)28/h5-11,20,28H,12H2,1-4H3,(H,25,27). The molecule has 1 aromatic heterocycles. The van der Waals surface area contributed by atoms with Gasteiger partial charge >= 0.3 is 0 Å². The Labute approximate surface area is 180 Å². The Morgan fingerprint density at radius 1 is 1.20 bits per heavy atom. The summed E-state index contributed by atoms with van der Waals surface area (Å²) in [5, 5.41) is 15.0. The van der Waals surface area contributed by atoms with Gasteiger partial charge in [-0.15, -0.1) is 0 Å². The van der Waals surface area contributed by atoms with Crippen LogP contribution in [-0.2, 0) is 4.79 Å². The average molecular weight is 430 g/mol. The Hall–Kier alpha value is -3.03. The minimum Gasteiger partial charge on any atom is -0.505 e. The molecule has 0 aliphatic carbocycles. The smallest absolute Gasteiger partial charge is 0.234 e. The third-order valence-electron chi connectivity index (χ3n) is 4.66. The summed E-state index contributed by atoms with van der Waals surface area (Å²) in [6.07, 6.45) is 1.58. The predicted molar refractivity (Wildman–Crippen MR) is 117 cm³/mol. The summed E-state index contributed by atoms with van der Waals surface area (Å²) in [5.41, 5.74) is 1.50. The van der Waals surface area contributed by atoms with Crippen LogP contribution in [0.3, 0.4) is 0 Å². The van der Waals surface area contributed by atoms with Gasteiger partial charge in [-0.2, -0.15) is 0 Å². The van der Waals surface area contributed by atoms with E-state index < -0.39 is 6.04 Å². The van der Waals surface area contributed by atoms with Gasteiger partial charge in [0, 0.05) is 17.1 Å². The van der Waals surface area contributed by atoms with Crippen LogP contribution >= 0.6 is 11.6 Å². The van der Waals surface area contributed by atoms with E-state index in [-0.39, 0.29) is 18.2 Å². The normalized spacial score (nSPS) is 12.1. The van der Waals surface area contributed by atoms with E-state index in [4.69, 9.17) is 21.1 Å². The second kappa shape index (κ2) is 9.19. The molecule has 2 aromatic carbocycles. The molecule has 0 spiro atoms. The number of likely N-dealkylation sites (N-methyl/N-ethyl adjacent to an activating group) is 1. The first kappa shape index (κ1) is 21.7. The molecule has 2 N–H and O–H groups in total. The van der Waals surface area contributed by atoms with Gasteiger partial charge in [0.1, 0.15) is 11.3 Å². The van der Waals surface area contributed by atoms with Crippen LogP contribution in [0.15, 0.2) is 42.6 Å². The summed E-state index contributed by atoms with van der Waals surface area (Å²) in [7, 11) is 6.70. The highest BCUT2D eigenvalue weighted by Crippen LogP contribution is 2.40. The summed E-state index contributed by atoms with van der Waals surface area (Å²) >= 11 is 6.48. The maximum absolute atomic E-state index is 12.6. The Balaban J connectivity index is 2.16. The summed E-state index contributed by atoms with van der Waals surface area (Å²) in [5.74, 6) is 0.810. The number of hydrogen-bond acceptors (Lipinski definition) is 6. The van der Waals surface area contributed by atoms with Crippen molar-refractivity contribution in [3.05, 3.63) is 58.7 Å². The molecule has 1 amide bonds. The van der Waals surface area contributed by atoms with Crippen LogP contribution in [0.5, 0.6) is 17.2 Å². The molecule has 0 aliphatic rings. The zero-order chi connectivity index (χ0) is 21.8. The number of hydrogen-bond donors (Lipinski definition) is 2. The summed E-state index contributed by atoms with van der Waals surface area (Å²) in [6, 6.07) is 9.81. The number of benzene rings is 2. The third-order valence-corrected chi connectivity index (χ3v) is 4.97. The number of phenolic OH excluding ortho intramolecular Hbond substituents is 1. The van der Waals surface area contributed by atoms with Crippen LogP contribution in [0, 0.1) is 0 Å². The molecule has 8 heteroatoms. The molecule has 158 valence electrons. The monoisotopic (exact) mass is 429 g/mol. The molecule has 7 nitrogen and oxygen atoms in total. The Bertz CT molecular complexity index is 1070. The van der Waals surface area contributed by atoms with Gasteiger partial charge < -0.3 is 24.8 Å². The zero-order valence-corrected chi connectivity index (χ0v) is 18.0. The number of nitrogens with zero attached hydrogens (tertiary/aromatic N) is 2. The minimum atomic E-state index is -0.679. The highest BCUT2D eigenvalue weighted by atomic mass is 35.5. The topological polar surface area (TPSA) is 83.9 Å². The number of amides is 1. The molecule has 3 rings (SSSR count). The molecule has 0 saturated heterocycles. The number of aromatic hydroxyl groups is 1. The van der Waals surface area contributed by atoms with Gasteiger partial charge in [0.2, 0.25) is 5.91 Å². The van der Waals surface area contributed by atoms with E-state index in [1.807, 2.05) is 0 Å². The number of fused-ring (bicyclic) bond motifs is 1. The Morgan fingerprint density at radius 2 is 1.93 bits per heavy atom. The van der Waals surface area contributed by atoms with E-state index in [0.717, 1.165) is 0 Å². The zero-order valence-electron chi connectivity index (χ0n) is 17.3. The molecule has 0 aliphatic heterocycles. The van der Waals surface area contributed by atoms with Crippen molar-refractivity contribution in [2.45, 2.75) is 6.04 Å². The van der Waals surface area contributed by atoms with Gasteiger partial charge in [0.25, 0.3) is 0 Å². The lowest BCUT2D eigenvalue weighted by Gasteiger charge is -2.23. The first-order chi connectivity index (χ1) is 14.3. The van der Waals surface area contributed by atoms with Crippen molar-refractivity contribution in [1.82, 2.24) is 15.2 Å². The number of methoxy groups -OCH3 is 2. The van der Waals surface area contributed by atoms with E-state index in [0.29, 0.717) is 38.6 Å². The molecule has 0 saturated carbocycles. The van der Waals surface area contributed by atoms with Gasteiger partial charge in [-0.1, -0.05) is 17.7 Å². The van der Waals surface area contributed by atoms with Crippen molar-refractivity contribution in [3.63, 3.8) is 0 Å². The van der Waals surface area contributed by atoms with Crippen molar-refractivity contribution in [3.8, 4) is 17.2 Å². The fourth-order valence-corrected chi connectivity index (χ4v) is 3.56. The van der Waals surface area contributed by atoms with Crippen LogP contribution < -0.4 is 14.8 Å². The third kappa shape index (κ3) is 4.42. The fourth-order valence-electron chi connectivity index (χ4n) is 3.29. The molecule has 1 unspecified atom stereocenters. The SMILES string of the molecule is COc1ccc(C(NC(=O)CN(C)C)c2cc(Cl)c3cccnc3c2O)cc1OC. The Morgan fingerprint density at radius 3 is 2.60 bits per heavy atom. The van der Waals surface area contributed by atoms with Gasteiger partial charge in [0.15, 0.2) is 11.5 Å². The maximum atomic E-state index is 12.6. The van der Waals surface area contributed by atoms with Crippen molar-refractivity contribution in [2.75, 3.05) is 34.9 Å². The number of halogens is 1. The molecule has 1 atom stereocenters. The fraction of sp³-hybridized carbons (Fsp3) is 0.273. The number of rotatable bonds is 7. The highest BCUT2D eigenvalue weighted by molar-refractivity contribution is 6.35. The van der Waals surface area contributed by atoms with Crippen LogP contribution in [0.25, 0.3) is 10.9 Å². The van der Waals surface area contributed by atoms with Crippen molar-refractivity contribution < 1.29 is 19.4 Å². The number of carbonyl (C=O) groups is 1. The van der Waals surface area contributed by atoms with Crippen molar-refractivity contribution >= 4 is 28.4 Å². The number of pyridine rings is 1. The van der Waals surface area contributed by atoms with Gasteiger partial charge in [0.05, 0.1) is 31.8 Å². The first-order valence-electron chi connectivity index (χ1n) is 9.27. The van der Waals surface area contributed by atoms with E-state index in [1.165, 1.54) is 7.11 Å². The lowest BCUT2D eigenvalue weighted by molar-refractivity contribution is -0.122. The van der Waals surface area contributed by atoms with E-state index in [1.54, 1.807) is 68.7 Å². The molecule has 1 heterocycles. The summed E-state index contributed by atoms with van der Waals surface area (Å²) < 4.78 is 10.7. The summed E-state index contributed by atoms with van der Waals surface area (Å²) in [4.78, 5) is 18.6. The van der Waals surface area contributed by atoms with Crippen LogP contribution in [0.1, 0.15) is 17.2 Å².